The lowest BCUT2D eigenvalue weighted by Crippen LogP contribution is -2.45. The van der Waals surface area contributed by atoms with Crippen LogP contribution < -0.4 is 4.90 Å². The minimum atomic E-state index is -0.596. The molecule has 4 heteroatoms. The van der Waals surface area contributed by atoms with Gasteiger partial charge in [0.1, 0.15) is 11.6 Å². The Morgan fingerprint density at radius 3 is 2.20 bits per heavy atom. The smallest absolute Gasteiger partial charge is 0.415 e. The van der Waals surface area contributed by atoms with Crippen molar-refractivity contribution in [3.63, 3.8) is 0 Å². The third kappa shape index (κ3) is 4.27. The molecule has 1 unspecified atom stereocenters. The van der Waals surface area contributed by atoms with Gasteiger partial charge >= 0.3 is 6.09 Å². The number of nitrogens with zero attached hydrogens (tertiary/aromatic N) is 2. The molecule has 0 fully saturated rings. The Hall–Kier alpha value is -2.02. The normalized spacial score (nSPS) is 12.7. The summed E-state index contributed by atoms with van der Waals surface area (Å²) in [6.45, 7) is 9.25. The Morgan fingerprint density at radius 1 is 1.25 bits per heavy atom. The van der Waals surface area contributed by atoms with Gasteiger partial charge in [-0.2, -0.15) is 5.26 Å². The topological polar surface area (TPSA) is 53.3 Å². The van der Waals surface area contributed by atoms with E-state index in [-0.39, 0.29) is 5.92 Å². The van der Waals surface area contributed by atoms with Crippen molar-refractivity contribution in [1.82, 2.24) is 0 Å². The molecule has 108 valence electrons. The van der Waals surface area contributed by atoms with Gasteiger partial charge in [0.15, 0.2) is 0 Å². The van der Waals surface area contributed by atoms with Crippen molar-refractivity contribution in [1.29, 1.82) is 5.26 Å². The second-order valence-corrected chi connectivity index (χ2v) is 6.00. The summed E-state index contributed by atoms with van der Waals surface area (Å²) >= 11 is 0. The van der Waals surface area contributed by atoms with Gasteiger partial charge in [-0.3, -0.25) is 4.90 Å². The van der Waals surface area contributed by atoms with Crippen LogP contribution in [-0.4, -0.2) is 17.7 Å². The second kappa shape index (κ2) is 6.42. The second-order valence-electron chi connectivity index (χ2n) is 6.00. The van der Waals surface area contributed by atoms with Crippen molar-refractivity contribution in [2.75, 3.05) is 4.90 Å². The number of benzene rings is 1. The fraction of sp³-hybridized carbons (Fsp3) is 0.500. The first-order valence-corrected chi connectivity index (χ1v) is 6.73. The van der Waals surface area contributed by atoms with Crippen LogP contribution in [-0.2, 0) is 4.74 Å². The molecule has 1 amide bonds. The van der Waals surface area contributed by atoms with Gasteiger partial charge in [-0.15, -0.1) is 0 Å². The van der Waals surface area contributed by atoms with Crippen LogP contribution in [0.4, 0.5) is 10.5 Å². The average molecular weight is 274 g/mol. The summed E-state index contributed by atoms with van der Waals surface area (Å²) in [5, 5.41) is 9.38. The molecule has 0 heterocycles. The van der Waals surface area contributed by atoms with E-state index in [4.69, 9.17) is 4.74 Å². The minimum absolute atomic E-state index is 0.00715. The van der Waals surface area contributed by atoms with Crippen LogP contribution in [0.2, 0.25) is 0 Å². The third-order valence-corrected chi connectivity index (χ3v) is 2.67. The molecule has 1 aromatic carbocycles. The number of amides is 1. The van der Waals surface area contributed by atoms with E-state index in [2.05, 4.69) is 6.07 Å². The molecule has 0 aliphatic rings. The van der Waals surface area contributed by atoms with Gasteiger partial charge < -0.3 is 4.74 Å². The molecule has 0 bridgehead atoms. The van der Waals surface area contributed by atoms with Crippen molar-refractivity contribution in [3.8, 4) is 6.07 Å². The summed E-state index contributed by atoms with van der Waals surface area (Å²) in [6, 6.07) is 10.8. The first-order chi connectivity index (χ1) is 9.26. The Bertz CT molecular complexity index is 483. The SMILES string of the molecule is CC(C)C(C#N)N(C(=O)OC(C)(C)C)c1ccccc1. The molecule has 0 saturated carbocycles. The Balaban J connectivity index is 3.15. The fourth-order valence-corrected chi connectivity index (χ4v) is 1.78. The third-order valence-electron chi connectivity index (χ3n) is 2.67. The highest BCUT2D eigenvalue weighted by molar-refractivity contribution is 5.89. The van der Waals surface area contributed by atoms with Gasteiger partial charge in [-0.1, -0.05) is 32.0 Å². The van der Waals surface area contributed by atoms with Crippen LogP contribution in [0, 0.1) is 17.2 Å². The van der Waals surface area contributed by atoms with Crippen molar-refractivity contribution in [3.05, 3.63) is 30.3 Å². The van der Waals surface area contributed by atoms with Crippen molar-refractivity contribution in [2.24, 2.45) is 5.92 Å². The molecule has 1 aromatic rings. The van der Waals surface area contributed by atoms with Gasteiger partial charge in [0.05, 0.1) is 6.07 Å². The number of hydrogen-bond acceptors (Lipinski definition) is 3. The van der Waals surface area contributed by atoms with E-state index in [1.807, 2.05) is 52.8 Å². The standard InChI is InChI=1S/C16H22N2O2/c1-12(2)14(11-17)18(13-9-7-6-8-10-13)15(19)20-16(3,4)5/h6-10,12,14H,1-5H3. The lowest BCUT2D eigenvalue weighted by Gasteiger charge is -2.32. The van der Waals surface area contributed by atoms with Crippen LogP contribution in [0.25, 0.3) is 0 Å². The first kappa shape index (κ1) is 16.0. The van der Waals surface area contributed by atoms with E-state index < -0.39 is 17.7 Å². The molecule has 0 aliphatic heterocycles. The molecule has 0 aromatic heterocycles. The van der Waals surface area contributed by atoms with Gasteiger partial charge in [-0.25, -0.2) is 4.79 Å². The fourth-order valence-electron chi connectivity index (χ4n) is 1.78. The molecule has 0 aliphatic carbocycles. The summed E-state index contributed by atoms with van der Waals surface area (Å²) in [5.74, 6) is 0.00715. The lowest BCUT2D eigenvalue weighted by molar-refractivity contribution is 0.0566. The van der Waals surface area contributed by atoms with Crippen molar-refractivity contribution < 1.29 is 9.53 Å². The number of anilines is 1. The predicted molar refractivity (Wildman–Crippen MR) is 79.4 cm³/mol. The van der Waals surface area contributed by atoms with E-state index in [1.165, 1.54) is 4.90 Å². The highest BCUT2D eigenvalue weighted by atomic mass is 16.6. The summed E-state index contributed by atoms with van der Waals surface area (Å²) in [5.41, 5.74) is 0.0724. The molecular formula is C16H22N2O2. The van der Waals surface area contributed by atoms with Crippen LogP contribution in [0.1, 0.15) is 34.6 Å². The van der Waals surface area contributed by atoms with Crippen molar-refractivity contribution >= 4 is 11.8 Å². The summed E-state index contributed by atoms with van der Waals surface area (Å²) in [7, 11) is 0. The molecule has 1 rings (SSSR count). The number of carbonyl (C=O) groups is 1. The minimum Gasteiger partial charge on any atom is -0.443 e. The van der Waals surface area contributed by atoms with E-state index in [0.717, 1.165) is 0 Å². The Morgan fingerprint density at radius 2 is 1.80 bits per heavy atom. The van der Waals surface area contributed by atoms with Gasteiger partial charge in [0.25, 0.3) is 0 Å². The maximum atomic E-state index is 12.4. The molecular weight excluding hydrogens is 252 g/mol. The van der Waals surface area contributed by atoms with E-state index in [1.54, 1.807) is 12.1 Å². The monoisotopic (exact) mass is 274 g/mol. The van der Waals surface area contributed by atoms with Crippen LogP contribution >= 0.6 is 0 Å². The highest BCUT2D eigenvalue weighted by Gasteiger charge is 2.31. The van der Waals surface area contributed by atoms with Gasteiger partial charge in [0, 0.05) is 5.69 Å². The zero-order valence-electron chi connectivity index (χ0n) is 12.8. The quantitative estimate of drug-likeness (QED) is 0.837. The molecule has 0 saturated heterocycles. The number of para-hydroxylation sites is 1. The summed E-state index contributed by atoms with van der Waals surface area (Å²) in [4.78, 5) is 13.8. The zero-order valence-corrected chi connectivity index (χ0v) is 12.8. The Kier molecular flexibility index (Phi) is 5.15. The van der Waals surface area contributed by atoms with Crippen LogP contribution in [0.5, 0.6) is 0 Å². The summed E-state index contributed by atoms with van der Waals surface area (Å²) < 4.78 is 5.42. The number of nitriles is 1. The molecule has 0 N–H and O–H groups in total. The Labute approximate surface area is 121 Å². The van der Waals surface area contributed by atoms with Crippen LogP contribution in [0.15, 0.2) is 30.3 Å². The number of rotatable bonds is 3. The van der Waals surface area contributed by atoms with Gasteiger partial charge in [0.2, 0.25) is 0 Å². The maximum absolute atomic E-state index is 12.4. The predicted octanol–water partition coefficient (Wildman–Crippen LogP) is 3.98. The van der Waals surface area contributed by atoms with E-state index >= 15 is 0 Å². The zero-order chi connectivity index (χ0) is 15.3. The molecule has 1 atom stereocenters. The largest absolute Gasteiger partial charge is 0.443 e. The number of hydrogen-bond donors (Lipinski definition) is 0. The maximum Gasteiger partial charge on any atom is 0.415 e. The molecule has 4 nitrogen and oxygen atoms in total. The van der Waals surface area contributed by atoms with E-state index in [0.29, 0.717) is 5.69 Å². The molecule has 0 spiro atoms. The number of carbonyl (C=O) groups excluding carboxylic acids is 1. The number of ether oxygens (including phenoxy) is 1. The molecule has 20 heavy (non-hydrogen) atoms. The van der Waals surface area contributed by atoms with Gasteiger partial charge in [-0.05, 0) is 38.8 Å². The highest BCUT2D eigenvalue weighted by Crippen LogP contribution is 2.23. The molecule has 0 radical (unpaired) electrons. The average Bonchev–Trinajstić information content (AvgIpc) is 2.33. The first-order valence-electron chi connectivity index (χ1n) is 6.73. The summed E-state index contributed by atoms with van der Waals surface area (Å²) in [6.07, 6.45) is -0.496. The van der Waals surface area contributed by atoms with Crippen molar-refractivity contribution in [2.45, 2.75) is 46.3 Å². The van der Waals surface area contributed by atoms with Crippen LogP contribution in [0.3, 0.4) is 0 Å². The lowest BCUT2D eigenvalue weighted by atomic mass is 10.0. The van der Waals surface area contributed by atoms with E-state index in [9.17, 15) is 10.1 Å².